The van der Waals surface area contributed by atoms with Gasteiger partial charge < -0.3 is 10.3 Å². The zero-order chi connectivity index (χ0) is 18.0. The number of non-ortho nitro benzene ring substituents is 1. The van der Waals surface area contributed by atoms with Gasteiger partial charge in [0.15, 0.2) is 0 Å². The molecule has 1 aliphatic heterocycles. The summed E-state index contributed by atoms with van der Waals surface area (Å²) in [6.45, 7) is 0. The molecule has 2 N–H and O–H groups in total. The van der Waals surface area contributed by atoms with E-state index in [9.17, 15) is 25.0 Å². The van der Waals surface area contributed by atoms with Gasteiger partial charge in [0.2, 0.25) is 5.91 Å². The van der Waals surface area contributed by atoms with Gasteiger partial charge in [0.25, 0.3) is 11.4 Å². The van der Waals surface area contributed by atoms with Crippen LogP contribution in [-0.4, -0.2) is 20.7 Å². The summed E-state index contributed by atoms with van der Waals surface area (Å²) in [7, 11) is 0. The van der Waals surface area contributed by atoms with Crippen molar-refractivity contribution in [3.8, 4) is 0 Å². The fraction of sp³-hybridized carbons (Fsp3) is 0.0625. The lowest BCUT2D eigenvalue weighted by Crippen LogP contribution is -2.03. The third-order valence-corrected chi connectivity index (χ3v) is 3.73. The van der Waals surface area contributed by atoms with E-state index in [0.717, 1.165) is 5.52 Å². The highest BCUT2D eigenvalue weighted by Gasteiger charge is 2.25. The van der Waals surface area contributed by atoms with Crippen molar-refractivity contribution in [3.05, 3.63) is 74.5 Å². The summed E-state index contributed by atoms with van der Waals surface area (Å²) in [6.07, 6.45) is 1.80. The molecule has 9 nitrogen and oxygen atoms in total. The number of aromatic nitrogens is 1. The molecule has 0 radical (unpaired) electrons. The second-order valence-electron chi connectivity index (χ2n) is 5.26. The summed E-state index contributed by atoms with van der Waals surface area (Å²) < 4.78 is 0. The van der Waals surface area contributed by atoms with Crippen molar-refractivity contribution < 1.29 is 14.6 Å². The van der Waals surface area contributed by atoms with Crippen molar-refractivity contribution in [2.75, 3.05) is 5.32 Å². The molecule has 1 aromatic heterocycles. The maximum atomic E-state index is 10.9. The maximum absolute atomic E-state index is 10.9. The van der Waals surface area contributed by atoms with Gasteiger partial charge >= 0.3 is 0 Å². The highest BCUT2D eigenvalue weighted by Crippen LogP contribution is 2.30. The highest BCUT2D eigenvalue weighted by molar-refractivity contribution is 6.00. The number of nitrogens with one attached hydrogen (secondary N) is 2. The monoisotopic (exact) mass is 340 g/mol. The van der Waals surface area contributed by atoms with Gasteiger partial charge in [-0.2, -0.15) is 0 Å². The van der Waals surface area contributed by atoms with Crippen LogP contribution in [0.3, 0.4) is 0 Å². The molecule has 3 aromatic rings. The SMILES string of the molecule is O=C1Cc2c(cccc2[N+](=O)[O-])N1.O=[N+]([O-])c1cccc2[nH]ccc12. The molecule has 0 aliphatic carbocycles. The van der Waals surface area contributed by atoms with E-state index in [1.54, 1.807) is 30.5 Å². The molecule has 0 unspecified atom stereocenters. The summed E-state index contributed by atoms with van der Waals surface area (Å²) in [4.78, 5) is 34.0. The predicted octanol–water partition coefficient (Wildman–Crippen LogP) is 3.17. The first-order valence-electron chi connectivity index (χ1n) is 7.24. The first-order chi connectivity index (χ1) is 12.0. The van der Waals surface area contributed by atoms with Crippen molar-refractivity contribution >= 4 is 33.9 Å². The van der Waals surface area contributed by atoms with Crippen LogP contribution >= 0.6 is 0 Å². The van der Waals surface area contributed by atoms with Gasteiger partial charge in [-0.3, -0.25) is 25.0 Å². The second kappa shape index (κ2) is 6.40. The summed E-state index contributed by atoms with van der Waals surface area (Å²) in [5.74, 6) is -0.190. The van der Waals surface area contributed by atoms with E-state index in [2.05, 4.69) is 10.3 Å². The molecule has 0 saturated carbocycles. The molecule has 0 spiro atoms. The minimum absolute atomic E-state index is 0.0100. The molecule has 126 valence electrons. The smallest absolute Gasteiger partial charge is 0.278 e. The van der Waals surface area contributed by atoms with Crippen LogP contribution in [0.2, 0.25) is 0 Å². The lowest BCUT2D eigenvalue weighted by atomic mass is 10.1. The summed E-state index contributed by atoms with van der Waals surface area (Å²) in [5, 5.41) is 24.2. The van der Waals surface area contributed by atoms with Crippen molar-refractivity contribution in [1.29, 1.82) is 0 Å². The van der Waals surface area contributed by atoms with Gasteiger partial charge in [-0.25, -0.2) is 0 Å². The number of benzene rings is 2. The minimum Gasteiger partial charge on any atom is -0.361 e. The Labute approximate surface area is 140 Å². The Bertz CT molecular complexity index is 995. The van der Waals surface area contributed by atoms with E-state index in [-0.39, 0.29) is 28.6 Å². The number of aromatic amines is 1. The Morgan fingerprint density at radius 3 is 2.32 bits per heavy atom. The van der Waals surface area contributed by atoms with Crippen LogP contribution in [0, 0.1) is 20.2 Å². The second-order valence-corrected chi connectivity index (χ2v) is 5.26. The van der Waals surface area contributed by atoms with E-state index in [1.165, 1.54) is 12.1 Å². The van der Waals surface area contributed by atoms with Gasteiger partial charge in [0.05, 0.1) is 38.4 Å². The quantitative estimate of drug-likeness (QED) is 0.546. The zero-order valence-electron chi connectivity index (χ0n) is 12.8. The number of anilines is 1. The molecule has 2 heterocycles. The van der Waals surface area contributed by atoms with Gasteiger partial charge in [-0.15, -0.1) is 0 Å². The van der Waals surface area contributed by atoms with Gasteiger partial charge in [-0.1, -0.05) is 12.1 Å². The van der Waals surface area contributed by atoms with Gasteiger partial charge in [0.1, 0.15) is 0 Å². The fourth-order valence-corrected chi connectivity index (χ4v) is 2.63. The molecule has 0 fully saturated rings. The summed E-state index contributed by atoms with van der Waals surface area (Å²) in [6, 6.07) is 11.3. The standard InChI is InChI=1S/C8H6N2O3.C8H6N2O2/c11-8-4-5-6(9-8)2-1-3-7(5)10(12)13;11-10(12)8-3-1-2-7-6(8)4-5-9-7/h1-3H,4H2,(H,9,11);1-5,9H. The topological polar surface area (TPSA) is 131 Å². The first kappa shape index (κ1) is 16.1. The zero-order valence-corrected chi connectivity index (χ0v) is 12.8. The lowest BCUT2D eigenvalue weighted by molar-refractivity contribution is -0.385. The molecule has 4 rings (SSSR count). The van der Waals surface area contributed by atoms with Gasteiger partial charge in [-0.05, 0) is 18.2 Å². The van der Waals surface area contributed by atoms with E-state index in [4.69, 9.17) is 0 Å². The van der Waals surface area contributed by atoms with Gasteiger partial charge in [0, 0.05) is 18.3 Å². The first-order valence-corrected chi connectivity index (χ1v) is 7.24. The maximum Gasteiger partial charge on any atom is 0.278 e. The molecular weight excluding hydrogens is 328 g/mol. The van der Waals surface area contributed by atoms with E-state index >= 15 is 0 Å². The van der Waals surface area contributed by atoms with E-state index in [0.29, 0.717) is 16.6 Å². The molecule has 25 heavy (non-hydrogen) atoms. The Morgan fingerprint density at radius 1 is 0.920 bits per heavy atom. The fourth-order valence-electron chi connectivity index (χ4n) is 2.63. The summed E-state index contributed by atoms with van der Waals surface area (Å²) >= 11 is 0. The number of rotatable bonds is 2. The molecule has 1 aliphatic rings. The third kappa shape index (κ3) is 3.15. The normalized spacial score (nSPS) is 12.1. The Kier molecular flexibility index (Phi) is 4.12. The number of H-pyrrole nitrogens is 1. The van der Waals surface area contributed by atoms with Crippen molar-refractivity contribution in [2.45, 2.75) is 6.42 Å². The number of carbonyl (C=O) groups is 1. The third-order valence-electron chi connectivity index (χ3n) is 3.73. The number of hydrogen-bond donors (Lipinski definition) is 2. The highest BCUT2D eigenvalue weighted by atomic mass is 16.6. The van der Waals surface area contributed by atoms with Crippen LogP contribution in [0.15, 0.2) is 48.7 Å². The van der Waals surface area contributed by atoms with E-state index < -0.39 is 4.92 Å². The molecular formula is C16H12N4O5. The van der Waals surface area contributed by atoms with Crippen LogP contribution < -0.4 is 5.32 Å². The molecule has 0 atom stereocenters. The van der Waals surface area contributed by atoms with Crippen LogP contribution in [-0.2, 0) is 11.2 Å². The number of nitro benzene ring substituents is 2. The Balaban J connectivity index is 0.000000146. The number of carbonyl (C=O) groups excluding carboxylic acids is 1. The molecule has 2 aromatic carbocycles. The largest absolute Gasteiger partial charge is 0.361 e. The van der Waals surface area contributed by atoms with Crippen LogP contribution in [0.5, 0.6) is 0 Å². The van der Waals surface area contributed by atoms with Crippen LogP contribution in [0.4, 0.5) is 17.1 Å². The number of nitro groups is 2. The van der Waals surface area contributed by atoms with Crippen molar-refractivity contribution in [2.24, 2.45) is 0 Å². The van der Waals surface area contributed by atoms with Crippen LogP contribution in [0.1, 0.15) is 5.56 Å². The number of amides is 1. The number of hydrogen-bond acceptors (Lipinski definition) is 5. The Morgan fingerprint density at radius 2 is 1.60 bits per heavy atom. The Hall–Kier alpha value is -3.75. The molecule has 1 amide bonds. The predicted molar refractivity (Wildman–Crippen MR) is 90.4 cm³/mol. The molecule has 0 bridgehead atoms. The number of fused-ring (bicyclic) bond motifs is 2. The van der Waals surface area contributed by atoms with Crippen molar-refractivity contribution in [1.82, 2.24) is 4.98 Å². The van der Waals surface area contributed by atoms with E-state index in [1.807, 2.05) is 6.07 Å². The average molecular weight is 340 g/mol. The number of nitrogens with zero attached hydrogens (tertiary/aromatic N) is 2. The molecule has 9 heteroatoms. The lowest BCUT2D eigenvalue weighted by Gasteiger charge is -1.97. The average Bonchev–Trinajstić information content (AvgIpc) is 3.19. The van der Waals surface area contributed by atoms with Crippen LogP contribution in [0.25, 0.3) is 10.9 Å². The van der Waals surface area contributed by atoms with Crippen molar-refractivity contribution in [3.63, 3.8) is 0 Å². The summed E-state index contributed by atoms with van der Waals surface area (Å²) in [5.41, 5.74) is 1.99. The molecule has 0 saturated heterocycles. The minimum atomic E-state index is -0.473.